The van der Waals surface area contributed by atoms with Gasteiger partial charge in [-0.05, 0) is 23.8 Å². The zero-order valence-corrected chi connectivity index (χ0v) is 15.1. The summed E-state index contributed by atoms with van der Waals surface area (Å²) in [7, 11) is 1.56. The van der Waals surface area contributed by atoms with Gasteiger partial charge in [0.25, 0.3) is 11.8 Å². The van der Waals surface area contributed by atoms with Crippen molar-refractivity contribution in [2.75, 3.05) is 12.4 Å². The molecule has 0 unspecified atom stereocenters. The zero-order chi connectivity index (χ0) is 19.4. The standard InChI is InChI=1S/C20H20F2N4O/c1-3-20(21,22)14-7-4-6-13(10-14)11-24-18-15-8-5-9-16(19(27)23-2)17(15)25-12-26-18/h4-10,12H,3,11H2,1-2H3,(H,23,27)(H,24,25,26). The number of aromatic nitrogens is 2. The SMILES string of the molecule is CCC(F)(F)c1cccc(CNc2ncnc3c(C(=O)NC)cccc23)c1. The number of para-hydroxylation sites is 1. The molecule has 2 N–H and O–H groups in total. The summed E-state index contributed by atoms with van der Waals surface area (Å²) in [6.45, 7) is 1.78. The van der Waals surface area contributed by atoms with Gasteiger partial charge in [0.05, 0.1) is 11.1 Å². The Balaban J connectivity index is 1.88. The molecule has 2 aromatic carbocycles. The second kappa shape index (κ2) is 7.65. The Hall–Kier alpha value is -3.09. The summed E-state index contributed by atoms with van der Waals surface area (Å²) in [6, 6.07) is 11.6. The molecule has 1 amide bonds. The molecule has 0 aliphatic rings. The zero-order valence-electron chi connectivity index (χ0n) is 15.1. The fraction of sp³-hybridized carbons (Fsp3) is 0.250. The molecule has 0 aliphatic heterocycles. The van der Waals surface area contributed by atoms with Crippen molar-refractivity contribution in [2.45, 2.75) is 25.8 Å². The van der Waals surface area contributed by atoms with Crippen molar-refractivity contribution >= 4 is 22.6 Å². The number of rotatable bonds is 6. The van der Waals surface area contributed by atoms with Crippen LogP contribution in [0, 0.1) is 0 Å². The Labute approximate surface area is 155 Å². The minimum absolute atomic E-state index is 0.00116. The van der Waals surface area contributed by atoms with Gasteiger partial charge in [0, 0.05) is 31.0 Å². The Morgan fingerprint density at radius 3 is 2.67 bits per heavy atom. The fourth-order valence-electron chi connectivity index (χ4n) is 2.85. The molecule has 0 saturated carbocycles. The molecule has 7 heteroatoms. The third-order valence-corrected chi connectivity index (χ3v) is 4.39. The molecule has 0 fully saturated rings. The van der Waals surface area contributed by atoms with Crippen molar-refractivity contribution in [2.24, 2.45) is 0 Å². The van der Waals surface area contributed by atoms with Gasteiger partial charge in [0.2, 0.25) is 0 Å². The van der Waals surface area contributed by atoms with E-state index in [-0.39, 0.29) is 17.9 Å². The lowest BCUT2D eigenvalue weighted by Crippen LogP contribution is -2.18. The largest absolute Gasteiger partial charge is 0.365 e. The van der Waals surface area contributed by atoms with Gasteiger partial charge in [0.1, 0.15) is 12.1 Å². The van der Waals surface area contributed by atoms with Crippen LogP contribution in [0.25, 0.3) is 10.9 Å². The van der Waals surface area contributed by atoms with Crippen LogP contribution in [0.3, 0.4) is 0 Å². The molecular formula is C20H20F2N4O. The molecule has 1 heterocycles. The second-order valence-electron chi connectivity index (χ2n) is 6.12. The van der Waals surface area contributed by atoms with Crippen LogP contribution in [-0.4, -0.2) is 22.9 Å². The maximum atomic E-state index is 13.9. The maximum Gasteiger partial charge on any atom is 0.273 e. The van der Waals surface area contributed by atoms with Crippen molar-refractivity contribution in [3.05, 3.63) is 65.5 Å². The molecule has 0 aliphatic carbocycles. The summed E-state index contributed by atoms with van der Waals surface area (Å²) in [5.74, 6) is -2.54. The van der Waals surface area contributed by atoms with Crippen LogP contribution in [0.5, 0.6) is 0 Å². The first kappa shape index (κ1) is 18.7. The predicted molar refractivity (Wildman–Crippen MR) is 101 cm³/mol. The van der Waals surface area contributed by atoms with Crippen LogP contribution in [0.1, 0.15) is 34.8 Å². The number of carbonyl (C=O) groups excluding carboxylic acids is 1. The van der Waals surface area contributed by atoms with Gasteiger partial charge in [-0.3, -0.25) is 4.79 Å². The van der Waals surface area contributed by atoms with Crippen LogP contribution >= 0.6 is 0 Å². The maximum absolute atomic E-state index is 13.9. The van der Waals surface area contributed by atoms with E-state index in [1.165, 1.54) is 25.4 Å². The van der Waals surface area contributed by atoms with Crippen molar-refractivity contribution in [3.8, 4) is 0 Å². The van der Waals surface area contributed by atoms with E-state index in [0.29, 0.717) is 28.8 Å². The van der Waals surface area contributed by atoms with Gasteiger partial charge >= 0.3 is 0 Å². The monoisotopic (exact) mass is 370 g/mol. The Morgan fingerprint density at radius 1 is 1.15 bits per heavy atom. The smallest absolute Gasteiger partial charge is 0.273 e. The Kier molecular flexibility index (Phi) is 5.30. The molecule has 0 atom stereocenters. The first-order valence-electron chi connectivity index (χ1n) is 8.63. The highest BCUT2D eigenvalue weighted by molar-refractivity contribution is 6.07. The van der Waals surface area contributed by atoms with Gasteiger partial charge in [-0.2, -0.15) is 0 Å². The molecule has 3 aromatic rings. The minimum atomic E-state index is -2.85. The first-order chi connectivity index (χ1) is 13.0. The van der Waals surface area contributed by atoms with E-state index in [0.717, 1.165) is 5.56 Å². The normalized spacial score (nSPS) is 11.4. The quantitative estimate of drug-likeness (QED) is 0.685. The highest BCUT2D eigenvalue weighted by Gasteiger charge is 2.28. The summed E-state index contributed by atoms with van der Waals surface area (Å²) >= 11 is 0. The summed E-state index contributed by atoms with van der Waals surface area (Å²) in [6.07, 6.45) is 1.13. The van der Waals surface area contributed by atoms with Gasteiger partial charge in [-0.25, -0.2) is 18.7 Å². The van der Waals surface area contributed by atoms with Crippen molar-refractivity contribution in [1.29, 1.82) is 0 Å². The average Bonchev–Trinajstić information content (AvgIpc) is 2.71. The number of alkyl halides is 2. The molecule has 0 saturated heterocycles. The van der Waals surface area contributed by atoms with Crippen molar-refractivity contribution in [3.63, 3.8) is 0 Å². The molecule has 0 radical (unpaired) electrons. The lowest BCUT2D eigenvalue weighted by atomic mass is 10.0. The van der Waals surface area contributed by atoms with Crippen LogP contribution in [-0.2, 0) is 12.5 Å². The number of amides is 1. The number of hydrogen-bond acceptors (Lipinski definition) is 4. The van der Waals surface area contributed by atoms with E-state index in [1.807, 2.05) is 6.07 Å². The summed E-state index contributed by atoms with van der Waals surface area (Å²) in [4.78, 5) is 20.5. The van der Waals surface area contributed by atoms with E-state index < -0.39 is 5.92 Å². The Bertz CT molecular complexity index is 975. The van der Waals surface area contributed by atoms with Crippen LogP contribution in [0.2, 0.25) is 0 Å². The molecule has 5 nitrogen and oxygen atoms in total. The first-order valence-corrected chi connectivity index (χ1v) is 8.63. The third kappa shape index (κ3) is 3.86. The molecule has 0 bridgehead atoms. The Morgan fingerprint density at radius 2 is 1.93 bits per heavy atom. The van der Waals surface area contributed by atoms with Crippen LogP contribution in [0.4, 0.5) is 14.6 Å². The van der Waals surface area contributed by atoms with Crippen molar-refractivity contribution in [1.82, 2.24) is 15.3 Å². The van der Waals surface area contributed by atoms with Gasteiger partial charge in [-0.15, -0.1) is 0 Å². The number of benzene rings is 2. The van der Waals surface area contributed by atoms with E-state index in [4.69, 9.17) is 0 Å². The van der Waals surface area contributed by atoms with Gasteiger partial charge in [0.15, 0.2) is 0 Å². The molecule has 27 heavy (non-hydrogen) atoms. The van der Waals surface area contributed by atoms with E-state index in [1.54, 1.807) is 31.3 Å². The van der Waals surface area contributed by atoms with E-state index in [9.17, 15) is 13.6 Å². The molecule has 0 spiro atoms. The highest BCUT2D eigenvalue weighted by Crippen LogP contribution is 2.31. The number of halogens is 2. The second-order valence-corrected chi connectivity index (χ2v) is 6.12. The van der Waals surface area contributed by atoms with Gasteiger partial charge in [-0.1, -0.05) is 31.2 Å². The number of nitrogens with one attached hydrogen (secondary N) is 2. The van der Waals surface area contributed by atoms with E-state index in [2.05, 4.69) is 20.6 Å². The highest BCUT2D eigenvalue weighted by atomic mass is 19.3. The van der Waals surface area contributed by atoms with E-state index >= 15 is 0 Å². The van der Waals surface area contributed by atoms with Gasteiger partial charge < -0.3 is 10.6 Å². The molecular weight excluding hydrogens is 350 g/mol. The molecule has 1 aromatic heterocycles. The molecule has 3 rings (SSSR count). The summed E-state index contributed by atoms with van der Waals surface area (Å²) < 4.78 is 27.8. The van der Waals surface area contributed by atoms with Crippen molar-refractivity contribution < 1.29 is 13.6 Å². The number of hydrogen-bond donors (Lipinski definition) is 2. The lowest BCUT2D eigenvalue weighted by molar-refractivity contribution is -0.00835. The number of fused-ring (bicyclic) bond motifs is 1. The summed E-state index contributed by atoms with van der Waals surface area (Å²) in [5.41, 5.74) is 1.69. The minimum Gasteiger partial charge on any atom is -0.365 e. The average molecular weight is 370 g/mol. The third-order valence-electron chi connectivity index (χ3n) is 4.39. The lowest BCUT2D eigenvalue weighted by Gasteiger charge is -2.16. The van der Waals surface area contributed by atoms with Crippen LogP contribution < -0.4 is 10.6 Å². The predicted octanol–water partition coefficient (Wildman–Crippen LogP) is 4.10. The number of nitrogens with zero attached hydrogens (tertiary/aromatic N) is 2. The topological polar surface area (TPSA) is 66.9 Å². The number of carbonyl (C=O) groups is 1. The molecule has 140 valence electrons. The number of anilines is 1. The summed E-state index contributed by atoms with van der Waals surface area (Å²) in [5, 5.41) is 6.43. The van der Waals surface area contributed by atoms with Crippen LogP contribution in [0.15, 0.2) is 48.8 Å². The fourth-order valence-corrected chi connectivity index (χ4v) is 2.85.